The monoisotopic (exact) mass is 683 g/mol. The van der Waals surface area contributed by atoms with Gasteiger partial charge in [0.1, 0.15) is 0 Å². The van der Waals surface area contributed by atoms with Crippen LogP contribution in [0.4, 0.5) is 5.69 Å². The molecule has 0 N–H and O–H groups in total. The van der Waals surface area contributed by atoms with E-state index in [-0.39, 0.29) is 35.5 Å². The van der Waals surface area contributed by atoms with E-state index < -0.39 is 5.97 Å². The van der Waals surface area contributed by atoms with Gasteiger partial charge in [-0.25, -0.2) is 4.79 Å². The number of esters is 1. The van der Waals surface area contributed by atoms with E-state index in [2.05, 4.69) is 72.3 Å². The van der Waals surface area contributed by atoms with Crippen LogP contribution in [-0.2, 0) is 14.3 Å². The Hall–Kier alpha value is -4.47. The van der Waals surface area contributed by atoms with Crippen molar-refractivity contribution < 1.29 is 19.1 Å². The first kappa shape index (κ1) is 27.7. The molecule has 1 aliphatic heterocycles. The van der Waals surface area contributed by atoms with Crippen molar-refractivity contribution in [3.8, 4) is 5.69 Å². The van der Waals surface area contributed by atoms with E-state index in [0.29, 0.717) is 8.95 Å². The number of amides is 1. The van der Waals surface area contributed by atoms with Gasteiger partial charge < -0.3 is 14.0 Å². The Morgan fingerprint density at radius 2 is 1.71 bits per heavy atom. The van der Waals surface area contributed by atoms with Crippen LogP contribution in [0.25, 0.3) is 33.6 Å². The maximum Gasteiger partial charge on any atom is 0.340 e. The van der Waals surface area contributed by atoms with E-state index in [4.69, 9.17) is 9.47 Å². The second-order valence-corrected chi connectivity index (χ2v) is 11.2. The quantitative estimate of drug-likeness (QED) is 0.103. The van der Waals surface area contributed by atoms with Gasteiger partial charge in [0.15, 0.2) is 5.76 Å². The summed E-state index contributed by atoms with van der Waals surface area (Å²) in [6.45, 7) is 3.94. The number of amidine groups is 1. The lowest BCUT2D eigenvalue weighted by Gasteiger charge is -2.12. The number of carbonyl (C=O) groups excluding carboxylic acids is 2. The van der Waals surface area contributed by atoms with Crippen LogP contribution in [0.5, 0.6) is 0 Å². The lowest BCUT2D eigenvalue weighted by atomic mass is 10.1. The maximum absolute atomic E-state index is 13.5. The largest absolute Gasteiger partial charge is 0.465 e. The lowest BCUT2D eigenvalue weighted by Crippen LogP contribution is -2.29. The fourth-order valence-electron chi connectivity index (χ4n) is 5.01. The Kier molecular flexibility index (Phi) is 7.53. The van der Waals surface area contributed by atoms with Crippen molar-refractivity contribution in [2.45, 2.75) is 0 Å². The molecule has 1 aromatic heterocycles. The zero-order chi connectivity index (χ0) is 29.4. The Morgan fingerprint density at radius 1 is 0.976 bits per heavy atom. The average molecular weight is 685 g/mol. The van der Waals surface area contributed by atoms with Gasteiger partial charge in [-0.1, -0.05) is 64.5 Å². The Bertz CT molecular complexity index is 1960. The first-order valence-corrected chi connectivity index (χ1v) is 14.5. The number of carbonyl (C=O) groups is 2. The summed E-state index contributed by atoms with van der Waals surface area (Å²) in [4.78, 5) is 31.9. The fourth-order valence-corrected chi connectivity index (χ4v) is 6.32. The smallest absolute Gasteiger partial charge is 0.340 e. The van der Waals surface area contributed by atoms with Crippen molar-refractivity contribution in [2.24, 2.45) is 4.99 Å². The maximum atomic E-state index is 13.5. The predicted octanol–water partition coefficient (Wildman–Crippen LogP) is 8.17. The van der Waals surface area contributed by atoms with Gasteiger partial charge in [-0.2, -0.15) is 4.99 Å². The van der Waals surface area contributed by atoms with E-state index in [1.807, 2.05) is 48.5 Å². The number of aromatic nitrogens is 1. The van der Waals surface area contributed by atoms with Gasteiger partial charge in [0.05, 0.1) is 29.4 Å². The normalized spacial score (nSPS) is 15.1. The third-order valence-electron chi connectivity index (χ3n) is 6.85. The fraction of sp³-hybridized carbons (Fsp3) is 0.0606. The topological polar surface area (TPSA) is 73.1 Å². The summed E-state index contributed by atoms with van der Waals surface area (Å²) in [7, 11) is 1.29. The standard InChI is InChI=1S/C33H23Br2N3O4/c1-3-15-37-31(39)29(42-33(37)36-30-25(32(40)41-2)18-21(34)19-26(30)35)17-20-13-14-28-24(16-20)23-11-7-8-12-27(23)38(28)22-9-5-4-6-10-22/h3-14,16-19H,1,15H2,2H3. The van der Waals surface area contributed by atoms with Crippen molar-refractivity contribution >= 4 is 83.3 Å². The first-order valence-electron chi connectivity index (χ1n) is 13.0. The molecule has 1 aliphatic rings. The summed E-state index contributed by atoms with van der Waals surface area (Å²) in [5.74, 6) is -0.836. The van der Waals surface area contributed by atoms with Crippen molar-refractivity contribution in [1.29, 1.82) is 0 Å². The number of nitrogens with zero attached hydrogens (tertiary/aromatic N) is 3. The molecule has 0 bridgehead atoms. The highest BCUT2D eigenvalue weighted by Crippen LogP contribution is 2.36. The second kappa shape index (κ2) is 11.4. The number of hydrogen-bond donors (Lipinski definition) is 0. The molecule has 0 unspecified atom stereocenters. The van der Waals surface area contributed by atoms with Crippen LogP contribution in [-0.4, -0.2) is 41.0 Å². The van der Waals surface area contributed by atoms with E-state index >= 15 is 0 Å². The summed E-state index contributed by atoms with van der Waals surface area (Å²) in [6.07, 6.45) is 3.29. The average Bonchev–Trinajstić information content (AvgIpc) is 3.48. The number of methoxy groups -OCH3 is 1. The van der Waals surface area contributed by atoms with Gasteiger partial charge in [-0.3, -0.25) is 9.69 Å². The number of ether oxygens (including phenoxy) is 2. The van der Waals surface area contributed by atoms with Crippen molar-refractivity contribution in [2.75, 3.05) is 13.7 Å². The van der Waals surface area contributed by atoms with Crippen molar-refractivity contribution in [3.63, 3.8) is 0 Å². The van der Waals surface area contributed by atoms with Crippen LogP contribution < -0.4 is 0 Å². The third kappa shape index (κ3) is 4.95. The van der Waals surface area contributed by atoms with Gasteiger partial charge in [0.25, 0.3) is 5.91 Å². The van der Waals surface area contributed by atoms with Gasteiger partial charge in [-0.05, 0) is 70.0 Å². The number of aliphatic imine (C=N–C) groups is 1. The molecule has 1 saturated heterocycles. The van der Waals surface area contributed by atoms with Crippen LogP contribution in [0.3, 0.4) is 0 Å². The van der Waals surface area contributed by atoms with E-state index in [1.54, 1.807) is 24.3 Å². The summed E-state index contributed by atoms with van der Waals surface area (Å²) in [5, 5.41) is 2.15. The minimum absolute atomic E-state index is 0.0288. The molecule has 208 valence electrons. The number of halogens is 2. The molecule has 9 heteroatoms. The molecular weight excluding hydrogens is 662 g/mol. The number of benzene rings is 4. The zero-order valence-corrected chi connectivity index (χ0v) is 25.6. The molecule has 4 aromatic carbocycles. The van der Waals surface area contributed by atoms with Crippen LogP contribution in [0.1, 0.15) is 15.9 Å². The highest BCUT2D eigenvalue weighted by molar-refractivity contribution is 9.11. The number of para-hydroxylation sites is 2. The van der Waals surface area contributed by atoms with Crippen LogP contribution in [0.2, 0.25) is 0 Å². The molecular formula is C33H23Br2N3O4. The van der Waals surface area contributed by atoms with Crippen LogP contribution in [0.15, 0.2) is 117 Å². The summed E-state index contributed by atoms with van der Waals surface area (Å²) in [5.41, 5.74) is 4.48. The van der Waals surface area contributed by atoms with Gasteiger partial charge in [0.2, 0.25) is 0 Å². The Labute approximate surface area is 258 Å². The molecule has 1 fully saturated rings. The number of hydrogen-bond acceptors (Lipinski definition) is 5. The number of fused-ring (bicyclic) bond motifs is 3. The summed E-state index contributed by atoms with van der Waals surface area (Å²) >= 11 is 6.86. The Morgan fingerprint density at radius 3 is 2.48 bits per heavy atom. The molecule has 7 nitrogen and oxygen atoms in total. The highest BCUT2D eigenvalue weighted by Gasteiger charge is 2.35. The lowest BCUT2D eigenvalue weighted by molar-refractivity contribution is -0.122. The minimum atomic E-state index is -0.574. The molecule has 2 heterocycles. The third-order valence-corrected chi connectivity index (χ3v) is 7.91. The van der Waals surface area contributed by atoms with Gasteiger partial charge in [-0.15, -0.1) is 6.58 Å². The zero-order valence-electron chi connectivity index (χ0n) is 22.4. The first-order chi connectivity index (χ1) is 20.4. The van der Waals surface area contributed by atoms with Crippen LogP contribution >= 0.6 is 31.9 Å². The second-order valence-electron chi connectivity index (χ2n) is 9.45. The molecule has 0 spiro atoms. The molecule has 1 amide bonds. The SMILES string of the molecule is C=CCN1C(=O)C(=Cc2ccc3c(c2)c2ccccc2n3-c2ccccc2)OC1=Nc1c(Br)cc(Br)cc1C(=O)OC. The molecule has 0 radical (unpaired) electrons. The van der Waals surface area contributed by atoms with Crippen molar-refractivity contribution in [1.82, 2.24) is 9.47 Å². The van der Waals surface area contributed by atoms with Crippen LogP contribution in [0, 0.1) is 0 Å². The summed E-state index contributed by atoms with van der Waals surface area (Å²) in [6, 6.07) is 27.9. The molecule has 5 aromatic rings. The highest BCUT2D eigenvalue weighted by atomic mass is 79.9. The molecule has 42 heavy (non-hydrogen) atoms. The molecule has 0 saturated carbocycles. The van der Waals surface area contributed by atoms with Crippen molar-refractivity contribution in [3.05, 3.63) is 123 Å². The van der Waals surface area contributed by atoms with E-state index in [9.17, 15) is 9.59 Å². The number of rotatable bonds is 6. The summed E-state index contributed by atoms with van der Waals surface area (Å²) < 4.78 is 14.4. The van der Waals surface area contributed by atoms with Gasteiger partial charge in [0, 0.05) is 32.0 Å². The van der Waals surface area contributed by atoms with E-state index in [1.165, 1.54) is 12.0 Å². The van der Waals surface area contributed by atoms with Gasteiger partial charge >= 0.3 is 12.0 Å². The molecule has 0 aliphatic carbocycles. The minimum Gasteiger partial charge on any atom is -0.465 e. The van der Waals surface area contributed by atoms with E-state index in [0.717, 1.165) is 33.1 Å². The molecule has 0 atom stereocenters. The molecule has 6 rings (SSSR count). The predicted molar refractivity (Wildman–Crippen MR) is 172 cm³/mol. The Balaban J connectivity index is 1.44.